The molecular formula is C21H28N4O2. The second kappa shape index (κ2) is 8.97. The Morgan fingerprint density at radius 2 is 2.04 bits per heavy atom. The van der Waals surface area contributed by atoms with E-state index in [0.717, 1.165) is 36.5 Å². The number of hydrogen-bond donors (Lipinski definition) is 2. The molecule has 144 valence electrons. The van der Waals surface area contributed by atoms with Gasteiger partial charge in [0.05, 0.1) is 24.3 Å². The number of pyridine rings is 1. The van der Waals surface area contributed by atoms with E-state index < -0.39 is 6.10 Å². The zero-order chi connectivity index (χ0) is 19.2. The molecule has 0 aliphatic carbocycles. The molecule has 27 heavy (non-hydrogen) atoms. The first kappa shape index (κ1) is 19.3. The van der Waals surface area contributed by atoms with Gasteiger partial charge in [0, 0.05) is 45.6 Å². The third-order valence-corrected chi connectivity index (χ3v) is 4.94. The van der Waals surface area contributed by atoms with E-state index in [1.54, 1.807) is 6.20 Å². The van der Waals surface area contributed by atoms with E-state index in [-0.39, 0.29) is 11.9 Å². The summed E-state index contributed by atoms with van der Waals surface area (Å²) < 4.78 is 0. The number of aliphatic hydroxyl groups excluding tert-OH is 1. The number of rotatable bonds is 6. The van der Waals surface area contributed by atoms with Crippen LogP contribution >= 0.6 is 0 Å². The minimum atomic E-state index is -0.567. The van der Waals surface area contributed by atoms with Crippen LogP contribution < -0.4 is 10.2 Å². The first-order valence-electron chi connectivity index (χ1n) is 9.37. The van der Waals surface area contributed by atoms with Gasteiger partial charge in [0.1, 0.15) is 0 Å². The van der Waals surface area contributed by atoms with Crippen molar-refractivity contribution in [3.8, 4) is 0 Å². The second-order valence-electron chi connectivity index (χ2n) is 7.32. The molecule has 6 heteroatoms. The topological polar surface area (TPSA) is 68.7 Å². The number of carbonyl (C=O) groups excluding carboxylic acids is 1. The van der Waals surface area contributed by atoms with E-state index >= 15 is 0 Å². The molecule has 6 nitrogen and oxygen atoms in total. The Bertz CT molecular complexity index is 734. The number of nitrogens with zero attached hydrogens (tertiary/aromatic N) is 3. The number of β-amino-alcohol motifs (C(OH)–C–C–N with tert-alkyl or cyclic N) is 1. The molecule has 1 aromatic carbocycles. The lowest BCUT2D eigenvalue weighted by atomic mass is 10.0. The highest BCUT2D eigenvalue weighted by Gasteiger charge is 2.28. The van der Waals surface area contributed by atoms with Crippen molar-refractivity contribution < 1.29 is 9.90 Å². The van der Waals surface area contributed by atoms with Crippen LogP contribution in [0.5, 0.6) is 0 Å². The Hall–Kier alpha value is -2.44. The molecule has 0 spiro atoms. The van der Waals surface area contributed by atoms with Gasteiger partial charge < -0.3 is 15.3 Å². The number of piperidine rings is 1. The van der Waals surface area contributed by atoms with Crippen LogP contribution in [0, 0.1) is 0 Å². The molecule has 2 aromatic rings. The quantitative estimate of drug-likeness (QED) is 0.808. The number of nitrogens with one attached hydrogen (secondary N) is 1. The van der Waals surface area contributed by atoms with Crippen LogP contribution in [0.25, 0.3) is 0 Å². The molecule has 1 aliphatic heterocycles. The molecule has 2 heterocycles. The van der Waals surface area contributed by atoms with E-state index in [2.05, 4.69) is 15.2 Å². The summed E-state index contributed by atoms with van der Waals surface area (Å²) in [6.07, 6.45) is 2.28. The van der Waals surface area contributed by atoms with E-state index in [9.17, 15) is 9.90 Å². The highest BCUT2D eigenvalue weighted by molar-refractivity contribution is 5.79. The van der Waals surface area contributed by atoms with Crippen LogP contribution in [0.15, 0.2) is 48.7 Å². The standard InChI is InChI=1S/C21H28N4O2/c1-24(2)18-8-6-16(7-9-18)13-21(27)23-19-10-12-25(15-20(19)26)14-17-5-3-4-11-22-17/h3-9,11,19-20,26H,10,12-15H2,1-2H3,(H,23,27)/t19-,20-/m1/s1. The third-order valence-electron chi connectivity index (χ3n) is 4.94. The molecule has 0 bridgehead atoms. The van der Waals surface area contributed by atoms with Crippen molar-refractivity contribution in [3.63, 3.8) is 0 Å². The van der Waals surface area contributed by atoms with Crippen molar-refractivity contribution in [2.24, 2.45) is 0 Å². The number of carbonyl (C=O) groups is 1. The van der Waals surface area contributed by atoms with Gasteiger partial charge in [0.25, 0.3) is 0 Å². The fourth-order valence-corrected chi connectivity index (χ4v) is 3.38. The summed E-state index contributed by atoms with van der Waals surface area (Å²) in [6, 6.07) is 13.6. The third kappa shape index (κ3) is 5.52. The molecule has 0 radical (unpaired) electrons. The summed E-state index contributed by atoms with van der Waals surface area (Å²) in [5.74, 6) is -0.0465. The van der Waals surface area contributed by atoms with Crippen molar-refractivity contribution in [1.29, 1.82) is 0 Å². The summed E-state index contributed by atoms with van der Waals surface area (Å²) in [5.41, 5.74) is 3.07. The van der Waals surface area contributed by atoms with Gasteiger partial charge in [-0.2, -0.15) is 0 Å². The molecule has 1 saturated heterocycles. The van der Waals surface area contributed by atoms with Crippen molar-refractivity contribution >= 4 is 11.6 Å². The monoisotopic (exact) mass is 368 g/mol. The number of anilines is 1. The maximum atomic E-state index is 12.4. The normalized spacial score (nSPS) is 20.3. The Kier molecular flexibility index (Phi) is 6.42. The van der Waals surface area contributed by atoms with Gasteiger partial charge in [0.2, 0.25) is 5.91 Å². The predicted molar refractivity (Wildman–Crippen MR) is 107 cm³/mol. The Morgan fingerprint density at radius 3 is 2.67 bits per heavy atom. The van der Waals surface area contributed by atoms with Crippen molar-refractivity contribution in [2.45, 2.75) is 31.5 Å². The molecular weight excluding hydrogens is 340 g/mol. The SMILES string of the molecule is CN(C)c1ccc(CC(=O)N[C@@H]2CCN(Cc3ccccn3)C[C@H]2O)cc1. The minimum Gasteiger partial charge on any atom is -0.390 e. The van der Waals surface area contributed by atoms with Crippen molar-refractivity contribution in [3.05, 3.63) is 59.9 Å². The Balaban J connectivity index is 1.47. The maximum Gasteiger partial charge on any atom is 0.224 e. The van der Waals surface area contributed by atoms with Crippen LogP contribution in [0.4, 0.5) is 5.69 Å². The molecule has 2 atom stereocenters. The number of amides is 1. The summed E-state index contributed by atoms with van der Waals surface area (Å²) in [5, 5.41) is 13.4. The Morgan fingerprint density at radius 1 is 1.26 bits per heavy atom. The van der Waals surface area contributed by atoms with Gasteiger partial charge >= 0.3 is 0 Å². The maximum absolute atomic E-state index is 12.4. The number of hydrogen-bond acceptors (Lipinski definition) is 5. The highest BCUT2D eigenvalue weighted by Crippen LogP contribution is 2.15. The fraction of sp³-hybridized carbons (Fsp3) is 0.429. The summed E-state index contributed by atoms with van der Waals surface area (Å²) in [6.45, 7) is 2.09. The zero-order valence-corrected chi connectivity index (χ0v) is 16.0. The summed E-state index contributed by atoms with van der Waals surface area (Å²) >= 11 is 0. The lowest BCUT2D eigenvalue weighted by molar-refractivity contribution is -0.122. The van der Waals surface area contributed by atoms with Crippen LogP contribution in [0.3, 0.4) is 0 Å². The van der Waals surface area contributed by atoms with Gasteiger partial charge in [-0.25, -0.2) is 0 Å². The number of aliphatic hydroxyl groups is 1. The van der Waals surface area contributed by atoms with Crippen LogP contribution in [-0.2, 0) is 17.8 Å². The van der Waals surface area contributed by atoms with Crippen LogP contribution in [0.1, 0.15) is 17.7 Å². The predicted octanol–water partition coefficient (Wildman–Crippen LogP) is 1.44. The summed E-state index contributed by atoms with van der Waals surface area (Å²) in [4.78, 5) is 20.9. The van der Waals surface area contributed by atoms with E-state index in [4.69, 9.17) is 0 Å². The van der Waals surface area contributed by atoms with Gasteiger partial charge in [-0.05, 0) is 36.2 Å². The van der Waals surface area contributed by atoms with E-state index in [1.165, 1.54) is 0 Å². The molecule has 0 unspecified atom stereocenters. The average Bonchev–Trinajstić information content (AvgIpc) is 2.65. The lowest BCUT2D eigenvalue weighted by Crippen LogP contribution is -2.54. The van der Waals surface area contributed by atoms with E-state index in [0.29, 0.717) is 13.0 Å². The van der Waals surface area contributed by atoms with Gasteiger partial charge in [0.15, 0.2) is 0 Å². The lowest BCUT2D eigenvalue weighted by Gasteiger charge is -2.36. The van der Waals surface area contributed by atoms with Crippen molar-refractivity contribution in [2.75, 3.05) is 32.1 Å². The number of benzene rings is 1. The second-order valence-corrected chi connectivity index (χ2v) is 7.32. The van der Waals surface area contributed by atoms with E-state index in [1.807, 2.05) is 61.5 Å². The molecule has 1 fully saturated rings. The highest BCUT2D eigenvalue weighted by atomic mass is 16.3. The first-order valence-corrected chi connectivity index (χ1v) is 9.37. The van der Waals surface area contributed by atoms with Gasteiger partial charge in [-0.3, -0.25) is 14.7 Å². The fourth-order valence-electron chi connectivity index (χ4n) is 3.38. The van der Waals surface area contributed by atoms with Gasteiger partial charge in [-0.15, -0.1) is 0 Å². The molecule has 1 aliphatic rings. The van der Waals surface area contributed by atoms with Gasteiger partial charge in [-0.1, -0.05) is 18.2 Å². The van der Waals surface area contributed by atoms with Crippen molar-refractivity contribution in [1.82, 2.24) is 15.2 Å². The summed E-state index contributed by atoms with van der Waals surface area (Å²) in [7, 11) is 3.98. The Labute approximate surface area is 160 Å². The van der Waals surface area contributed by atoms with Crippen LogP contribution in [0.2, 0.25) is 0 Å². The largest absolute Gasteiger partial charge is 0.390 e. The average molecular weight is 368 g/mol. The molecule has 0 saturated carbocycles. The zero-order valence-electron chi connectivity index (χ0n) is 16.0. The smallest absolute Gasteiger partial charge is 0.224 e. The van der Waals surface area contributed by atoms with Crippen LogP contribution in [-0.4, -0.2) is 60.2 Å². The first-order chi connectivity index (χ1) is 13.0. The molecule has 2 N–H and O–H groups in total. The molecule has 3 rings (SSSR count). The number of likely N-dealkylation sites (tertiary alicyclic amines) is 1. The number of aromatic nitrogens is 1. The molecule has 1 amide bonds. The minimum absolute atomic E-state index is 0.0465. The molecule has 1 aromatic heterocycles.